The van der Waals surface area contributed by atoms with Gasteiger partial charge in [-0.3, -0.25) is 9.78 Å². The lowest BCUT2D eigenvalue weighted by Crippen LogP contribution is -2.32. The van der Waals surface area contributed by atoms with Crippen LogP contribution in [0.15, 0.2) is 109 Å². The highest BCUT2D eigenvalue weighted by atomic mass is 19.1. The first-order chi connectivity index (χ1) is 22.9. The van der Waals surface area contributed by atoms with Crippen molar-refractivity contribution in [2.75, 3.05) is 7.11 Å². The van der Waals surface area contributed by atoms with E-state index in [1.54, 1.807) is 19.5 Å². The summed E-state index contributed by atoms with van der Waals surface area (Å²) in [5.41, 5.74) is 6.55. The number of aryl methyl sites for hydroxylation is 1. The van der Waals surface area contributed by atoms with Gasteiger partial charge in [-0.05, 0) is 64.9 Å². The molecule has 0 saturated carbocycles. The Kier molecular flexibility index (Phi) is 9.57. The average molecular weight is 632 g/mol. The summed E-state index contributed by atoms with van der Waals surface area (Å²) in [6, 6.07) is 28.2. The van der Waals surface area contributed by atoms with E-state index in [-0.39, 0.29) is 18.7 Å². The Labute approximate surface area is 272 Å². The maximum atomic E-state index is 14.2. The van der Waals surface area contributed by atoms with Crippen LogP contribution in [0.5, 0.6) is 11.5 Å². The second-order valence-corrected chi connectivity index (χ2v) is 11.4. The molecule has 6 rings (SSSR count). The normalized spacial score (nSPS) is 11.7. The number of aromatic nitrogens is 2. The maximum Gasteiger partial charge on any atom is 0.225 e. The molecule has 0 saturated heterocycles. The molecule has 47 heavy (non-hydrogen) atoms. The molecule has 0 aliphatic carbocycles. The average Bonchev–Trinajstić information content (AvgIpc) is 3.47. The number of hydrogen-bond acceptors (Lipinski definition) is 4. The third-order valence-corrected chi connectivity index (χ3v) is 8.18. The van der Waals surface area contributed by atoms with E-state index < -0.39 is 17.7 Å². The Balaban J connectivity index is 1.29. The lowest BCUT2D eigenvalue weighted by Gasteiger charge is -2.22. The Morgan fingerprint density at radius 3 is 2.36 bits per heavy atom. The summed E-state index contributed by atoms with van der Waals surface area (Å²) >= 11 is 0. The molecule has 0 bridgehead atoms. The van der Waals surface area contributed by atoms with Crippen LogP contribution < -0.4 is 14.8 Å². The van der Waals surface area contributed by atoms with Crippen LogP contribution in [-0.4, -0.2) is 23.0 Å². The van der Waals surface area contributed by atoms with Gasteiger partial charge in [0.2, 0.25) is 5.91 Å². The van der Waals surface area contributed by atoms with E-state index in [0.717, 1.165) is 45.6 Å². The van der Waals surface area contributed by atoms with Gasteiger partial charge in [0.05, 0.1) is 25.3 Å². The first-order valence-corrected chi connectivity index (χ1v) is 15.5. The molecule has 0 aliphatic rings. The molecular weight excluding hydrogens is 596 g/mol. The number of methoxy groups -OCH3 is 1. The molecule has 238 valence electrons. The van der Waals surface area contributed by atoms with Gasteiger partial charge in [-0.25, -0.2) is 8.78 Å². The number of rotatable bonds is 12. The van der Waals surface area contributed by atoms with Gasteiger partial charge in [0, 0.05) is 41.0 Å². The Bertz CT molecular complexity index is 1970. The quantitative estimate of drug-likeness (QED) is 0.143. The molecule has 8 heteroatoms. The highest BCUT2D eigenvalue weighted by Gasteiger charge is 2.23. The van der Waals surface area contributed by atoms with Crippen molar-refractivity contribution in [2.45, 2.75) is 38.8 Å². The highest BCUT2D eigenvalue weighted by Crippen LogP contribution is 2.35. The maximum absolute atomic E-state index is 14.2. The number of amides is 1. The van der Waals surface area contributed by atoms with Gasteiger partial charge in [0.1, 0.15) is 18.2 Å². The number of carbonyl (C=O) groups is 1. The number of hydrogen-bond donors (Lipinski definition) is 2. The molecule has 4 aromatic carbocycles. The lowest BCUT2D eigenvalue weighted by atomic mass is 9.94. The van der Waals surface area contributed by atoms with E-state index >= 15 is 0 Å². The fraction of sp³-hybridized carbons (Fsp3) is 0.179. The molecule has 0 fully saturated rings. The van der Waals surface area contributed by atoms with Crippen molar-refractivity contribution in [3.63, 3.8) is 0 Å². The first kappa shape index (κ1) is 31.5. The van der Waals surface area contributed by atoms with Crippen LogP contribution in [0.4, 0.5) is 8.78 Å². The van der Waals surface area contributed by atoms with E-state index in [9.17, 15) is 13.6 Å². The standard InChI is InChI=1S/C39H35F2N3O3/c1-3-25-11-13-28(14-12-25)32-10-7-15-42-39(32)35(18-27-16-30(40)20-31(41)17-27)44-38(45)19-29-23-43-34-22-36(46-2)37(21-33(29)34)47-24-26-8-5-4-6-9-26/h4-17,20-23,35,43H,3,18-19,24H2,1-2H3,(H,44,45)/t35-/m0/s1. The Morgan fingerprint density at radius 1 is 0.872 bits per heavy atom. The fourth-order valence-corrected chi connectivity index (χ4v) is 5.80. The molecule has 0 spiro atoms. The largest absolute Gasteiger partial charge is 0.493 e. The molecular formula is C39H35F2N3O3. The monoisotopic (exact) mass is 631 g/mol. The van der Waals surface area contributed by atoms with E-state index in [2.05, 4.69) is 34.3 Å². The first-order valence-electron chi connectivity index (χ1n) is 15.5. The summed E-state index contributed by atoms with van der Waals surface area (Å²) < 4.78 is 40.2. The second kappa shape index (κ2) is 14.3. The third kappa shape index (κ3) is 7.49. The van der Waals surface area contributed by atoms with Crippen molar-refractivity contribution in [3.8, 4) is 22.6 Å². The highest BCUT2D eigenvalue weighted by molar-refractivity contribution is 5.91. The zero-order chi connectivity index (χ0) is 32.8. The van der Waals surface area contributed by atoms with Crippen molar-refractivity contribution in [3.05, 3.63) is 149 Å². The van der Waals surface area contributed by atoms with Crippen molar-refractivity contribution in [1.82, 2.24) is 15.3 Å². The summed E-state index contributed by atoms with van der Waals surface area (Å²) in [4.78, 5) is 21.7. The van der Waals surface area contributed by atoms with E-state index in [0.29, 0.717) is 29.4 Å². The number of H-pyrrole nitrogens is 1. The van der Waals surface area contributed by atoms with Gasteiger partial charge in [0.25, 0.3) is 0 Å². The van der Waals surface area contributed by atoms with E-state index in [4.69, 9.17) is 9.47 Å². The SMILES string of the molecule is CCc1ccc(-c2cccnc2[C@H](Cc2cc(F)cc(F)c2)NC(=O)Cc2c[nH]c3cc(OC)c(OCc4ccccc4)cc23)cc1. The predicted molar refractivity (Wildman–Crippen MR) is 179 cm³/mol. The number of nitrogens with one attached hydrogen (secondary N) is 2. The minimum atomic E-state index is -0.680. The molecule has 1 atom stereocenters. The topological polar surface area (TPSA) is 76.2 Å². The number of carbonyl (C=O) groups excluding carboxylic acids is 1. The molecule has 2 heterocycles. The van der Waals surface area contributed by atoms with Crippen LogP contribution in [0, 0.1) is 11.6 Å². The molecule has 6 aromatic rings. The molecule has 0 radical (unpaired) electrons. The number of ether oxygens (including phenoxy) is 2. The minimum Gasteiger partial charge on any atom is -0.493 e. The van der Waals surface area contributed by atoms with Crippen LogP contribution in [0.25, 0.3) is 22.0 Å². The van der Waals surface area contributed by atoms with Crippen molar-refractivity contribution < 1.29 is 23.0 Å². The van der Waals surface area contributed by atoms with Crippen molar-refractivity contribution >= 4 is 16.8 Å². The number of pyridine rings is 1. The number of benzene rings is 4. The summed E-state index contributed by atoms with van der Waals surface area (Å²) in [7, 11) is 1.59. The zero-order valence-electron chi connectivity index (χ0n) is 26.2. The zero-order valence-corrected chi connectivity index (χ0v) is 26.2. The van der Waals surface area contributed by atoms with Crippen molar-refractivity contribution in [1.29, 1.82) is 0 Å². The van der Waals surface area contributed by atoms with Crippen LogP contribution in [-0.2, 0) is 30.7 Å². The van der Waals surface area contributed by atoms with Crippen LogP contribution >= 0.6 is 0 Å². The van der Waals surface area contributed by atoms with Gasteiger partial charge in [-0.2, -0.15) is 0 Å². The Hall–Kier alpha value is -5.50. The number of halogens is 2. The molecule has 2 aromatic heterocycles. The van der Waals surface area contributed by atoms with Gasteiger partial charge in [-0.1, -0.05) is 67.6 Å². The molecule has 6 nitrogen and oxygen atoms in total. The summed E-state index contributed by atoms with van der Waals surface area (Å²) in [6.07, 6.45) is 4.55. The van der Waals surface area contributed by atoms with E-state index in [1.165, 1.54) is 17.7 Å². The summed E-state index contributed by atoms with van der Waals surface area (Å²) in [5.74, 6) is -0.498. The number of aromatic amines is 1. The van der Waals surface area contributed by atoms with Gasteiger partial charge >= 0.3 is 0 Å². The molecule has 2 N–H and O–H groups in total. The van der Waals surface area contributed by atoms with Gasteiger partial charge in [0.15, 0.2) is 11.5 Å². The summed E-state index contributed by atoms with van der Waals surface area (Å²) in [6.45, 7) is 2.45. The van der Waals surface area contributed by atoms with Crippen LogP contribution in [0.2, 0.25) is 0 Å². The van der Waals surface area contributed by atoms with Crippen LogP contribution in [0.3, 0.4) is 0 Å². The number of fused-ring (bicyclic) bond motifs is 1. The second-order valence-electron chi connectivity index (χ2n) is 11.4. The molecule has 0 unspecified atom stereocenters. The van der Waals surface area contributed by atoms with E-state index in [1.807, 2.05) is 66.7 Å². The molecule has 0 aliphatic heterocycles. The van der Waals surface area contributed by atoms with Crippen molar-refractivity contribution in [2.24, 2.45) is 0 Å². The fourth-order valence-electron chi connectivity index (χ4n) is 5.80. The minimum absolute atomic E-state index is 0.0475. The smallest absolute Gasteiger partial charge is 0.225 e. The number of nitrogens with zero attached hydrogens (tertiary/aromatic N) is 1. The van der Waals surface area contributed by atoms with Gasteiger partial charge in [-0.15, -0.1) is 0 Å². The molecule has 1 amide bonds. The Morgan fingerprint density at radius 2 is 1.64 bits per heavy atom. The summed E-state index contributed by atoms with van der Waals surface area (Å²) in [5, 5.41) is 3.95. The third-order valence-electron chi connectivity index (χ3n) is 8.18. The van der Waals surface area contributed by atoms with Gasteiger partial charge < -0.3 is 19.8 Å². The lowest BCUT2D eigenvalue weighted by molar-refractivity contribution is -0.121. The predicted octanol–water partition coefficient (Wildman–Crippen LogP) is 8.30. The van der Waals surface area contributed by atoms with Crippen LogP contribution in [0.1, 0.15) is 40.9 Å².